The van der Waals surface area contributed by atoms with E-state index in [1.807, 2.05) is 6.92 Å². The molecule has 1 saturated heterocycles. The second-order valence-corrected chi connectivity index (χ2v) is 8.80. The molecule has 2 aromatic rings. The highest BCUT2D eigenvalue weighted by molar-refractivity contribution is 7.89. The van der Waals surface area contributed by atoms with Crippen LogP contribution in [0.3, 0.4) is 0 Å². The van der Waals surface area contributed by atoms with E-state index < -0.39 is 15.9 Å². The van der Waals surface area contributed by atoms with Crippen LogP contribution in [0.5, 0.6) is 0 Å². The molecule has 150 valence electrons. The number of aromatic nitrogens is 2. The first kappa shape index (κ1) is 20.5. The van der Waals surface area contributed by atoms with E-state index in [-0.39, 0.29) is 26.9 Å². The van der Waals surface area contributed by atoms with Gasteiger partial charge in [-0.3, -0.25) is 9.59 Å². The van der Waals surface area contributed by atoms with Crippen molar-refractivity contribution in [2.45, 2.75) is 37.6 Å². The van der Waals surface area contributed by atoms with Gasteiger partial charge in [0.15, 0.2) is 0 Å². The predicted molar refractivity (Wildman–Crippen MR) is 106 cm³/mol. The summed E-state index contributed by atoms with van der Waals surface area (Å²) in [5.74, 6) is -0.545. The zero-order valence-electron chi connectivity index (χ0n) is 15.4. The zero-order chi connectivity index (χ0) is 20.3. The van der Waals surface area contributed by atoms with E-state index >= 15 is 0 Å². The molecule has 8 nitrogen and oxygen atoms in total. The summed E-state index contributed by atoms with van der Waals surface area (Å²) >= 11 is 6.12. The summed E-state index contributed by atoms with van der Waals surface area (Å²) in [4.78, 5) is 24.2. The van der Waals surface area contributed by atoms with Gasteiger partial charge in [0.05, 0.1) is 5.02 Å². The van der Waals surface area contributed by atoms with Crippen LogP contribution in [0.4, 0.5) is 5.69 Å². The van der Waals surface area contributed by atoms with Crippen LogP contribution >= 0.6 is 11.6 Å². The first-order valence-electron chi connectivity index (χ1n) is 9.02. The Labute approximate surface area is 168 Å². The highest BCUT2D eigenvalue weighted by atomic mass is 35.5. The van der Waals surface area contributed by atoms with Crippen molar-refractivity contribution < 1.29 is 13.2 Å². The maximum Gasteiger partial charge on any atom is 0.276 e. The van der Waals surface area contributed by atoms with Gasteiger partial charge in [0, 0.05) is 31.4 Å². The minimum Gasteiger partial charge on any atom is -0.321 e. The van der Waals surface area contributed by atoms with Crippen LogP contribution in [-0.2, 0) is 16.6 Å². The Morgan fingerprint density at radius 1 is 1.21 bits per heavy atom. The summed E-state index contributed by atoms with van der Waals surface area (Å²) in [7, 11) is -3.72. The number of rotatable bonds is 6. The lowest BCUT2D eigenvalue weighted by Gasteiger charge is -2.17. The lowest BCUT2D eigenvalue weighted by molar-refractivity contribution is 0.101. The van der Waals surface area contributed by atoms with Gasteiger partial charge in [-0.15, -0.1) is 0 Å². The van der Waals surface area contributed by atoms with Crippen LogP contribution in [0.1, 0.15) is 36.7 Å². The SMILES string of the molecule is CCCn1nc(C(=O)Nc2ccc(Cl)c(S(=O)(=O)N3CCCC3)c2)ccc1=O. The molecule has 1 amide bonds. The van der Waals surface area contributed by atoms with Gasteiger partial charge in [0.1, 0.15) is 10.6 Å². The Morgan fingerprint density at radius 2 is 1.93 bits per heavy atom. The van der Waals surface area contributed by atoms with Crippen molar-refractivity contribution in [2.75, 3.05) is 18.4 Å². The average molecular weight is 425 g/mol. The second-order valence-electron chi connectivity index (χ2n) is 6.49. The Kier molecular flexibility index (Phi) is 6.17. The van der Waals surface area contributed by atoms with Crippen LogP contribution < -0.4 is 10.9 Å². The third-order valence-corrected chi connectivity index (χ3v) is 6.79. The van der Waals surface area contributed by atoms with Gasteiger partial charge in [0.25, 0.3) is 11.5 Å². The minimum absolute atomic E-state index is 0.0437. The Balaban J connectivity index is 1.86. The molecule has 0 unspecified atom stereocenters. The molecular weight excluding hydrogens is 404 g/mol. The van der Waals surface area contributed by atoms with Crippen molar-refractivity contribution in [1.29, 1.82) is 0 Å². The van der Waals surface area contributed by atoms with Gasteiger partial charge in [-0.05, 0) is 43.5 Å². The highest BCUT2D eigenvalue weighted by Crippen LogP contribution is 2.29. The molecule has 1 aliphatic rings. The Hall–Kier alpha value is -2.23. The molecule has 0 atom stereocenters. The standard InChI is InChI=1S/C18H21ClN4O4S/c1-2-9-23-17(24)8-7-15(21-23)18(25)20-13-5-6-14(19)16(12-13)28(26,27)22-10-3-4-11-22/h5-8,12H,2-4,9-11H2,1H3,(H,20,25). The van der Waals surface area contributed by atoms with E-state index in [1.165, 1.54) is 39.3 Å². The fourth-order valence-electron chi connectivity index (χ4n) is 2.98. The highest BCUT2D eigenvalue weighted by Gasteiger charge is 2.29. The van der Waals surface area contributed by atoms with Crippen molar-refractivity contribution in [2.24, 2.45) is 0 Å². The lowest BCUT2D eigenvalue weighted by Crippen LogP contribution is -2.28. The molecule has 28 heavy (non-hydrogen) atoms. The van der Waals surface area contributed by atoms with Crippen molar-refractivity contribution >= 4 is 33.2 Å². The van der Waals surface area contributed by atoms with Gasteiger partial charge in [-0.2, -0.15) is 9.40 Å². The fraction of sp³-hybridized carbons (Fsp3) is 0.389. The molecular formula is C18H21ClN4O4S. The molecule has 1 aromatic heterocycles. The Bertz CT molecular complexity index is 1050. The number of hydrogen-bond acceptors (Lipinski definition) is 5. The minimum atomic E-state index is -3.72. The molecule has 0 radical (unpaired) electrons. The van der Waals surface area contributed by atoms with Gasteiger partial charge < -0.3 is 5.32 Å². The van der Waals surface area contributed by atoms with E-state index in [0.29, 0.717) is 26.1 Å². The van der Waals surface area contributed by atoms with Crippen LogP contribution in [0.15, 0.2) is 40.0 Å². The number of hydrogen-bond donors (Lipinski definition) is 1. The van der Waals surface area contributed by atoms with Gasteiger partial charge in [0.2, 0.25) is 10.0 Å². The summed E-state index contributed by atoms with van der Waals surface area (Å²) in [5.41, 5.74) is 0.0537. The smallest absolute Gasteiger partial charge is 0.276 e. The van der Waals surface area contributed by atoms with Crippen LogP contribution in [-0.4, -0.2) is 41.5 Å². The monoisotopic (exact) mass is 424 g/mol. The molecule has 10 heteroatoms. The van der Waals surface area contributed by atoms with E-state index in [2.05, 4.69) is 10.4 Å². The summed E-state index contributed by atoms with van der Waals surface area (Å²) in [6.45, 7) is 3.21. The maximum atomic E-state index is 12.8. The number of aryl methyl sites for hydroxylation is 1. The Morgan fingerprint density at radius 3 is 2.61 bits per heavy atom. The van der Waals surface area contributed by atoms with Crippen LogP contribution in [0, 0.1) is 0 Å². The van der Waals surface area contributed by atoms with Crippen molar-refractivity contribution in [3.63, 3.8) is 0 Å². The van der Waals surface area contributed by atoms with Gasteiger partial charge in [-0.1, -0.05) is 18.5 Å². The number of nitrogens with one attached hydrogen (secondary N) is 1. The zero-order valence-corrected chi connectivity index (χ0v) is 17.0. The summed E-state index contributed by atoms with van der Waals surface area (Å²) in [6.07, 6.45) is 2.33. The first-order chi connectivity index (χ1) is 13.3. The lowest BCUT2D eigenvalue weighted by atomic mass is 10.3. The molecule has 1 N–H and O–H groups in total. The number of sulfonamides is 1. The number of halogens is 1. The fourth-order valence-corrected chi connectivity index (χ4v) is 5.00. The summed E-state index contributed by atoms with van der Waals surface area (Å²) < 4.78 is 28.2. The topological polar surface area (TPSA) is 101 Å². The number of nitrogens with zero attached hydrogens (tertiary/aromatic N) is 3. The predicted octanol–water partition coefficient (Wildman–Crippen LogP) is 2.34. The maximum absolute atomic E-state index is 12.8. The first-order valence-corrected chi connectivity index (χ1v) is 10.8. The third-order valence-electron chi connectivity index (χ3n) is 4.41. The second kappa shape index (κ2) is 8.42. The van der Waals surface area contributed by atoms with Gasteiger partial charge in [-0.25, -0.2) is 13.1 Å². The van der Waals surface area contributed by atoms with Crippen LogP contribution in [0.25, 0.3) is 0 Å². The summed E-state index contributed by atoms with van der Waals surface area (Å²) in [5, 5.41) is 6.77. The van der Waals surface area contributed by atoms with Crippen molar-refractivity contribution in [1.82, 2.24) is 14.1 Å². The molecule has 3 rings (SSSR count). The molecule has 0 saturated carbocycles. The quantitative estimate of drug-likeness (QED) is 0.766. The molecule has 0 aliphatic carbocycles. The molecule has 1 fully saturated rings. The van der Waals surface area contributed by atoms with Gasteiger partial charge >= 0.3 is 0 Å². The normalized spacial score (nSPS) is 14.9. The number of carbonyl (C=O) groups excluding carboxylic acids is 1. The molecule has 0 bridgehead atoms. The average Bonchev–Trinajstić information content (AvgIpc) is 3.21. The van der Waals surface area contributed by atoms with E-state index in [1.54, 1.807) is 0 Å². The van der Waals surface area contributed by atoms with Crippen molar-refractivity contribution in [3.05, 3.63) is 51.4 Å². The molecule has 1 aromatic carbocycles. The number of carbonyl (C=O) groups is 1. The largest absolute Gasteiger partial charge is 0.321 e. The number of anilines is 1. The van der Waals surface area contributed by atoms with Crippen molar-refractivity contribution in [3.8, 4) is 0 Å². The summed E-state index contributed by atoms with van der Waals surface area (Å²) in [6, 6.07) is 6.91. The molecule has 1 aliphatic heterocycles. The molecule has 0 spiro atoms. The molecule has 2 heterocycles. The number of amides is 1. The van der Waals surface area contributed by atoms with E-state index in [4.69, 9.17) is 11.6 Å². The van der Waals surface area contributed by atoms with E-state index in [0.717, 1.165) is 12.8 Å². The number of benzene rings is 1. The van der Waals surface area contributed by atoms with E-state index in [9.17, 15) is 18.0 Å². The van der Waals surface area contributed by atoms with Crippen LogP contribution in [0.2, 0.25) is 5.02 Å². The third kappa shape index (κ3) is 4.26.